The molecular formula is C40H27N3O7. The zero-order chi connectivity index (χ0) is 34.6. The van der Waals surface area contributed by atoms with Crippen molar-refractivity contribution in [3.05, 3.63) is 172 Å². The summed E-state index contributed by atoms with van der Waals surface area (Å²) in [5.41, 5.74) is 2.73. The van der Waals surface area contributed by atoms with Crippen molar-refractivity contribution in [3.8, 4) is 0 Å². The second kappa shape index (κ2) is 11.8. The Morgan fingerprint density at radius 3 is 1.58 bits per heavy atom. The predicted molar refractivity (Wildman–Crippen MR) is 181 cm³/mol. The quantitative estimate of drug-likeness (QED) is 0.0898. The van der Waals surface area contributed by atoms with Crippen LogP contribution in [0.25, 0.3) is 10.8 Å². The van der Waals surface area contributed by atoms with Crippen LogP contribution in [0.15, 0.2) is 128 Å². The number of benzene rings is 5. The van der Waals surface area contributed by atoms with E-state index >= 15 is 0 Å². The van der Waals surface area contributed by atoms with Crippen LogP contribution >= 0.6 is 0 Å². The number of carbonyl (C=O) groups is 5. The molecule has 0 radical (unpaired) electrons. The van der Waals surface area contributed by atoms with E-state index in [-0.39, 0.29) is 39.4 Å². The Morgan fingerprint density at radius 1 is 0.680 bits per heavy atom. The molecule has 0 aliphatic carbocycles. The standard InChI is InChI=1S/C40H27N3O7/c1-49-39(48)32(43-35(44)28-17-19-30-34-31(38(47)50-37(30)46)20-18-29(33(28)34)36(43)45)21-27-22-42(23-41-27)40(24-11-5-2-6-12-24,25-13-7-3-8-14-25)26-15-9-4-10-16-26/h2-20,22-23,32H,21H2,1H3/t32-/m0/s1. The van der Waals surface area contributed by atoms with Gasteiger partial charge in [0.05, 0.1) is 30.3 Å². The van der Waals surface area contributed by atoms with Crippen LogP contribution in [0, 0.1) is 0 Å². The summed E-state index contributed by atoms with van der Waals surface area (Å²) in [7, 11) is 1.19. The number of hydrogen-bond acceptors (Lipinski definition) is 8. The lowest BCUT2D eigenvalue weighted by Crippen LogP contribution is -2.52. The lowest BCUT2D eigenvalue weighted by atomic mass is 9.77. The number of imidazole rings is 1. The van der Waals surface area contributed by atoms with E-state index in [1.807, 2.05) is 102 Å². The highest BCUT2D eigenvalue weighted by molar-refractivity contribution is 6.32. The van der Waals surface area contributed by atoms with E-state index in [1.165, 1.54) is 31.4 Å². The number of nitrogens with zero attached hydrogens (tertiary/aromatic N) is 3. The minimum Gasteiger partial charge on any atom is -0.467 e. The molecule has 5 aromatic carbocycles. The van der Waals surface area contributed by atoms with Crippen molar-refractivity contribution < 1.29 is 33.4 Å². The van der Waals surface area contributed by atoms with Crippen LogP contribution in [0.5, 0.6) is 0 Å². The summed E-state index contributed by atoms with van der Waals surface area (Å²) >= 11 is 0. The van der Waals surface area contributed by atoms with Gasteiger partial charge in [0.2, 0.25) is 0 Å². The molecule has 10 nitrogen and oxygen atoms in total. The summed E-state index contributed by atoms with van der Waals surface area (Å²) in [5, 5.41) is 0.345. The third kappa shape index (κ3) is 4.49. The van der Waals surface area contributed by atoms with E-state index in [1.54, 1.807) is 6.33 Å². The Morgan fingerprint density at radius 2 is 1.12 bits per heavy atom. The number of amides is 2. The maximum Gasteiger partial charge on any atom is 0.346 e. The first-order chi connectivity index (χ1) is 24.3. The van der Waals surface area contributed by atoms with E-state index < -0.39 is 41.3 Å². The molecule has 0 N–H and O–H groups in total. The fourth-order valence-corrected chi connectivity index (χ4v) is 7.27. The molecule has 244 valence electrons. The van der Waals surface area contributed by atoms with E-state index in [9.17, 15) is 24.0 Å². The molecule has 1 atom stereocenters. The molecule has 50 heavy (non-hydrogen) atoms. The monoisotopic (exact) mass is 661 g/mol. The molecule has 0 spiro atoms. The largest absolute Gasteiger partial charge is 0.467 e. The van der Waals surface area contributed by atoms with Gasteiger partial charge in [0.15, 0.2) is 0 Å². The summed E-state index contributed by atoms with van der Waals surface area (Å²) in [6, 6.07) is 34.2. The molecular weight excluding hydrogens is 634 g/mol. The van der Waals surface area contributed by atoms with Gasteiger partial charge in [-0.05, 0) is 41.0 Å². The van der Waals surface area contributed by atoms with Gasteiger partial charge in [0.25, 0.3) is 11.8 Å². The van der Waals surface area contributed by atoms with E-state index in [0.717, 1.165) is 21.6 Å². The normalized spacial score (nSPS) is 14.5. The minimum absolute atomic E-state index is 0.0679. The molecule has 0 saturated carbocycles. The van der Waals surface area contributed by atoms with Crippen LogP contribution in [0.2, 0.25) is 0 Å². The number of cyclic esters (lactones) is 2. The van der Waals surface area contributed by atoms with Crippen molar-refractivity contribution in [1.82, 2.24) is 14.5 Å². The highest BCUT2D eigenvalue weighted by Gasteiger charge is 2.44. The number of imide groups is 1. The highest BCUT2D eigenvalue weighted by Crippen LogP contribution is 2.41. The Hall–Kier alpha value is -6.68. The second-order valence-corrected chi connectivity index (χ2v) is 12.1. The predicted octanol–water partition coefficient (Wildman–Crippen LogP) is 5.57. The molecule has 6 aromatic rings. The lowest BCUT2D eigenvalue weighted by molar-refractivity contribution is -0.145. The fourth-order valence-electron chi connectivity index (χ4n) is 7.27. The molecule has 0 unspecified atom stereocenters. The number of methoxy groups -OCH3 is 1. The smallest absolute Gasteiger partial charge is 0.346 e. The van der Waals surface area contributed by atoms with Crippen molar-refractivity contribution >= 4 is 40.5 Å². The van der Waals surface area contributed by atoms with Gasteiger partial charge in [0.1, 0.15) is 11.6 Å². The topological polar surface area (TPSA) is 125 Å². The first-order valence-electron chi connectivity index (χ1n) is 15.9. The molecule has 2 aliphatic heterocycles. The Bertz CT molecular complexity index is 2200. The molecule has 1 aromatic heterocycles. The Kier molecular flexibility index (Phi) is 7.22. The van der Waals surface area contributed by atoms with Gasteiger partial charge in [-0.15, -0.1) is 0 Å². The summed E-state index contributed by atoms with van der Waals surface area (Å²) < 4.78 is 12.0. The summed E-state index contributed by atoms with van der Waals surface area (Å²) in [4.78, 5) is 72.4. The maximum absolute atomic E-state index is 14.1. The Balaban J connectivity index is 1.24. The molecule has 2 aliphatic rings. The number of ether oxygens (including phenoxy) is 2. The molecule has 0 fully saturated rings. The first kappa shape index (κ1) is 30.6. The number of esters is 3. The SMILES string of the molecule is COC(=O)[C@H](Cc1cn(C(c2ccccc2)(c2ccccc2)c2ccccc2)cn1)N1C(=O)c2ccc3c4c(ccc(c24)C1=O)C(=O)OC3=O. The number of rotatable bonds is 8. The van der Waals surface area contributed by atoms with Crippen molar-refractivity contribution in [1.29, 1.82) is 0 Å². The Labute approximate surface area is 285 Å². The number of carbonyl (C=O) groups excluding carboxylic acids is 5. The molecule has 0 bridgehead atoms. The summed E-state index contributed by atoms with van der Waals surface area (Å²) in [6.45, 7) is 0. The van der Waals surface area contributed by atoms with Gasteiger partial charge in [0, 0.05) is 34.5 Å². The van der Waals surface area contributed by atoms with Gasteiger partial charge in [-0.3, -0.25) is 14.5 Å². The van der Waals surface area contributed by atoms with Gasteiger partial charge >= 0.3 is 17.9 Å². The first-order valence-corrected chi connectivity index (χ1v) is 15.9. The van der Waals surface area contributed by atoms with Crippen LogP contribution in [0.4, 0.5) is 0 Å². The van der Waals surface area contributed by atoms with Crippen molar-refractivity contribution in [2.45, 2.75) is 18.0 Å². The van der Waals surface area contributed by atoms with E-state index in [2.05, 4.69) is 0 Å². The maximum atomic E-state index is 14.1. The number of aromatic nitrogens is 2. The van der Waals surface area contributed by atoms with Crippen molar-refractivity contribution in [2.24, 2.45) is 0 Å². The lowest BCUT2D eigenvalue weighted by Gasteiger charge is -2.37. The third-order valence-electron chi connectivity index (χ3n) is 9.47. The second-order valence-electron chi connectivity index (χ2n) is 12.1. The van der Waals surface area contributed by atoms with Gasteiger partial charge in [-0.2, -0.15) is 0 Å². The van der Waals surface area contributed by atoms with E-state index in [4.69, 9.17) is 14.5 Å². The zero-order valence-corrected chi connectivity index (χ0v) is 26.6. The fraction of sp³-hybridized carbons (Fsp3) is 0.100. The third-order valence-corrected chi connectivity index (χ3v) is 9.47. The summed E-state index contributed by atoms with van der Waals surface area (Å²) in [6.07, 6.45) is 3.35. The highest BCUT2D eigenvalue weighted by atomic mass is 16.6. The van der Waals surface area contributed by atoms with Gasteiger partial charge < -0.3 is 14.0 Å². The molecule has 3 heterocycles. The molecule has 8 rings (SSSR count). The van der Waals surface area contributed by atoms with Crippen molar-refractivity contribution in [3.63, 3.8) is 0 Å². The van der Waals surface area contributed by atoms with Gasteiger partial charge in [-0.1, -0.05) is 91.0 Å². The zero-order valence-electron chi connectivity index (χ0n) is 26.6. The minimum atomic E-state index is -1.38. The van der Waals surface area contributed by atoms with E-state index in [0.29, 0.717) is 5.69 Å². The summed E-state index contributed by atoms with van der Waals surface area (Å²) in [5.74, 6) is -4.07. The van der Waals surface area contributed by atoms with Crippen LogP contribution in [0.3, 0.4) is 0 Å². The molecule has 10 heteroatoms. The number of hydrogen-bond donors (Lipinski definition) is 0. The van der Waals surface area contributed by atoms with Crippen LogP contribution < -0.4 is 0 Å². The van der Waals surface area contributed by atoms with Crippen LogP contribution in [0.1, 0.15) is 63.8 Å². The molecule has 2 amide bonds. The average Bonchev–Trinajstić information content (AvgIpc) is 3.62. The van der Waals surface area contributed by atoms with Gasteiger partial charge in [-0.25, -0.2) is 19.4 Å². The average molecular weight is 662 g/mol. The van der Waals surface area contributed by atoms with Crippen molar-refractivity contribution in [2.75, 3.05) is 7.11 Å². The molecule has 0 saturated heterocycles. The van der Waals surface area contributed by atoms with Crippen LogP contribution in [-0.2, 0) is 26.2 Å². The van der Waals surface area contributed by atoms with Crippen LogP contribution in [-0.4, -0.2) is 57.3 Å².